The standard InChI is InChI=1S/C14H21N3O4/c1-14(2,3)16-9-10-4-5-11(17(19)20)12(8-10)21-7-6-13(15)18/h4-5,8,16H,6-7,9H2,1-3H3,(H2,15,18). The Morgan fingerprint density at radius 1 is 1.43 bits per heavy atom. The van der Waals surface area contributed by atoms with Gasteiger partial charge in [0, 0.05) is 18.2 Å². The molecular weight excluding hydrogens is 274 g/mol. The number of rotatable bonds is 7. The van der Waals surface area contributed by atoms with E-state index in [1.165, 1.54) is 6.07 Å². The first-order chi connectivity index (χ1) is 9.69. The number of carbonyl (C=O) groups excluding carboxylic acids is 1. The lowest BCUT2D eigenvalue weighted by atomic mass is 10.1. The highest BCUT2D eigenvalue weighted by molar-refractivity contribution is 5.73. The van der Waals surface area contributed by atoms with Gasteiger partial charge in [-0.15, -0.1) is 0 Å². The fraction of sp³-hybridized carbons (Fsp3) is 0.500. The Bertz CT molecular complexity index is 523. The number of hydrogen-bond acceptors (Lipinski definition) is 5. The van der Waals surface area contributed by atoms with Gasteiger partial charge in [-0.3, -0.25) is 14.9 Å². The Kier molecular flexibility index (Phi) is 5.66. The maximum absolute atomic E-state index is 11.0. The van der Waals surface area contributed by atoms with Crippen molar-refractivity contribution in [1.82, 2.24) is 5.32 Å². The third kappa shape index (κ3) is 6.22. The number of nitrogens with zero attached hydrogens (tertiary/aromatic N) is 1. The minimum atomic E-state index is -0.513. The van der Waals surface area contributed by atoms with Crippen LogP contribution in [0.25, 0.3) is 0 Å². The van der Waals surface area contributed by atoms with E-state index in [1.54, 1.807) is 12.1 Å². The number of carbonyl (C=O) groups is 1. The largest absolute Gasteiger partial charge is 0.486 e. The number of amides is 1. The minimum absolute atomic E-state index is 0.0155. The van der Waals surface area contributed by atoms with E-state index in [2.05, 4.69) is 5.32 Å². The molecule has 1 aromatic rings. The molecule has 0 aromatic heterocycles. The van der Waals surface area contributed by atoms with Crippen LogP contribution in [-0.2, 0) is 11.3 Å². The highest BCUT2D eigenvalue weighted by Crippen LogP contribution is 2.28. The number of hydrogen-bond donors (Lipinski definition) is 2. The molecule has 0 saturated heterocycles. The van der Waals surface area contributed by atoms with Gasteiger partial charge in [0.15, 0.2) is 5.75 Å². The van der Waals surface area contributed by atoms with E-state index in [0.717, 1.165) is 5.56 Å². The summed E-state index contributed by atoms with van der Waals surface area (Å²) in [5.74, 6) is -0.363. The predicted octanol–water partition coefficient (Wildman–Crippen LogP) is 1.74. The van der Waals surface area contributed by atoms with Gasteiger partial charge in [0.2, 0.25) is 5.91 Å². The fourth-order valence-electron chi connectivity index (χ4n) is 1.56. The lowest BCUT2D eigenvalue weighted by Gasteiger charge is -2.20. The Hall–Kier alpha value is -2.15. The van der Waals surface area contributed by atoms with Crippen LogP contribution < -0.4 is 15.8 Å². The van der Waals surface area contributed by atoms with Crippen LogP contribution in [0, 0.1) is 10.1 Å². The summed E-state index contributed by atoms with van der Waals surface area (Å²) in [7, 11) is 0. The monoisotopic (exact) mass is 295 g/mol. The summed E-state index contributed by atoms with van der Waals surface area (Å²) < 4.78 is 5.31. The molecule has 1 aromatic carbocycles. The minimum Gasteiger partial charge on any atom is -0.486 e. The zero-order valence-corrected chi connectivity index (χ0v) is 12.5. The second-order valence-electron chi connectivity index (χ2n) is 5.73. The van der Waals surface area contributed by atoms with Crippen LogP contribution in [0.3, 0.4) is 0 Å². The van der Waals surface area contributed by atoms with Gasteiger partial charge in [0.05, 0.1) is 18.0 Å². The summed E-state index contributed by atoms with van der Waals surface area (Å²) in [6.07, 6.45) is 0.0155. The number of ether oxygens (including phenoxy) is 1. The molecule has 1 amide bonds. The van der Waals surface area contributed by atoms with Crippen LogP contribution in [0.1, 0.15) is 32.8 Å². The van der Waals surface area contributed by atoms with Gasteiger partial charge in [-0.25, -0.2) is 0 Å². The number of nitro groups is 1. The Balaban J connectivity index is 2.84. The molecule has 116 valence electrons. The van der Waals surface area contributed by atoms with E-state index < -0.39 is 10.8 Å². The van der Waals surface area contributed by atoms with Crippen LogP contribution in [0.2, 0.25) is 0 Å². The van der Waals surface area contributed by atoms with Crippen molar-refractivity contribution in [2.24, 2.45) is 5.73 Å². The molecule has 0 aliphatic heterocycles. The smallest absolute Gasteiger partial charge is 0.310 e. The maximum Gasteiger partial charge on any atom is 0.310 e. The molecule has 1 rings (SSSR count). The van der Waals surface area contributed by atoms with Crippen molar-refractivity contribution in [3.05, 3.63) is 33.9 Å². The number of nitrogens with two attached hydrogens (primary N) is 1. The summed E-state index contributed by atoms with van der Waals surface area (Å²) in [5.41, 5.74) is 5.70. The van der Waals surface area contributed by atoms with Crippen molar-refractivity contribution in [3.8, 4) is 5.75 Å². The molecule has 7 heteroatoms. The summed E-state index contributed by atoms with van der Waals surface area (Å²) in [4.78, 5) is 21.1. The van der Waals surface area contributed by atoms with Gasteiger partial charge in [-0.1, -0.05) is 6.07 Å². The van der Waals surface area contributed by atoms with Gasteiger partial charge in [-0.05, 0) is 32.4 Å². The van der Waals surface area contributed by atoms with Crippen molar-refractivity contribution < 1.29 is 14.5 Å². The zero-order chi connectivity index (χ0) is 16.0. The number of primary amides is 1. The molecule has 0 saturated carbocycles. The first kappa shape index (κ1) is 16.9. The van der Waals surface area contributed by atoms with Crippen LogP contribution in [-0.4, -0.2) is 23.0 Å². The molecule has 0 heterocycles. The highest BCUT2D eigenvalue weighted by atomic mass is 16.6. The van der Waals surface area contributed by atoms with Crippen molar-refractivity contribution in [2.45, 2.75) is 39.3 Å². The highest BCUT2D eigenvalue weighted by Gasteiger charge is 2.17. The third-order valence-corrected chi connectivity index (χ3v) is 2.65. The number of benzene rings is 1. The third-order valence-electron chi connectivity index (χ3n) is 2.65. The average molecular weight is 295 g/mol. The van der Waals surface area contributed by atoms with Gasteiger partial charge in [0.1, 0.15) is 0 Å². The van der Waals surface area contributed by atoms with Crippen molar-refractivity contribution in [3.63, 3.8) is 0 Å². The molecule has 0 spiro atoms. The molecule has 3 N–H and O–H groups in total. The second-order valence-corrected chi connectivity index (χ2v) is 5.73. The fourth-order valence-corrected chi connectivity index (χ4v) is 1.56. The van der Waals surface area contributed by atoms with Gasteiger partial charge >= 0.3 is 5.69 Å². The molecule has 0 fully saturated rings. The van der Waals surface area contributed by atoms with E-state index in [-0.39, 0.29) is 30.0 Å². The van der Waals surface area contributed by atoms with E-state index >= 15 is 0 Å². The zero-order valence-electron chi connectivity index (χ0n) is 12.5. The first-order valence-electron chi connectivity index (χ1n) is 6.62. The summed E-state index contributed by atoms with van der Waals surface area (Å²) in [5, 5.41) is 14.3. The van der Waals surface area contributed by atoms with Crippen LogP contribution in [0.4, 0.5) is 5.69 Å². The van der Waals surface area contributed by atoms with E-state index in [4.69, 9.17) is 10.5 Å². The van der Waals surface area contributed by atoms with Gasteiger partial charge in [0.25, 0.3) is 0 Å². The van der Waals surface area contributed by atoms with Crippen molar-refractivity contribution in [2.75, 3.05) is 6.61 Å². The molecule has 21 heavy (non-hydrogen) atoms. The molecule has 7 nitrogen and oxygen atoms in total. The second kappa shape index (κ2) is 7.03. The molecule has 0 unspecified atom stereocenters. The lowest BCUT2D eigenvalue weighted by Crippen LogP contribution is -2.35. The molecule has 0 aliphatic carbocycles. The van der Waals surface area contributed by atoms with Crippen molar-refractivity contribution >= 4 is 11.6 Å². The molecule has 0 radical (unpaired) electrons. The Labute approximate surface area is 123 Å². The quantitative estimate of drug-likeness (QED) is 0.588. The average Bonchev–Trinajstić information content (AvgIpc) is 2.35. The molecule has 0 bridgehead atoms. The van der Waals surface area contributed by atoms with Crippen LogP contribution in [0.5, 0.6) is 5.75 Å². The van der Waals surface area contributed by atoms with Crippen LogP contribution >= 0.6 is 0 Å². The van der Waals surface area contributed by atoms with E-state index in [0.29, 0.717) is 6.54 Å². The van der Waals surface area contributed by atoms with Crippen LogP contribution in [0.15, 0.2) is 18.2 Å². The summed E-state index contributed by atoms with van der Waals surface area (Å²) >= 11 is 0. The first-order valence-corrected chi connectivity index (χ1v) is 6.62. The SMILES string of the molecule is CC(C)(C)NCc1ccc([N+](=O)[O-])c(OCCC(N)=O)c1. The van der Waals surface area contributed by atoms with Gasteiger partial charge in [-0.2, -0.15) is 0 Å². The van der Waals surface area contributed by atoms with E-state index in [1.807, 2.05) is 20.8 Å². The van der Waals surface area contributed by atoms with Crippen molar-refractivity contribution in [1.29, 1.82) is 0 Å². The molecular formula is C14H21N3O4. The molecule has 0 aliphatic rings. The molecule has 0 atom stereocenters. The topological polar surface area (TPSA) is 107 Å². The number of nitro benzene ring substituents is 1. The predicted molar refractivity (Wildman–Crippen MR) is 79.0 cm³/mol. The van der Waals surface area contributed by atoms with E-state index in [9.17, 15) is 14.9 Å². The number of nitrogens with one attached hydrogen (secondary N) is 1. The van der Waals surface area contributed by atoms with Gasteiger partial charge < -0.3 is 15.8 Å². The Morgan fingerprint density at radius 2 is 2.10 bits per heavy atom. The maximum atomic E-state index is 11.0. The lowest BCUT2D eigenvalue weighted by molar-refractivity contribution is -0.385. The normalized spacial score (nSPS) is 11.2. The summed E-state index contributed by atoms with van der Waals surface area (Å²) in [6.45, 7) is 6.67. The summed E-state index contributed by atoms with van der Waals surface area (Å²) in [6, 6.07) is 4.69. The Morgan fingerprint density at radius 3 is 2.62 bits per heavy atom.